The highest BCUT2D eigenvalue weighted by Crippen LogP contribution is 2.07. The first-order valence-corrected chi connectivity index (χ1v) is 5.43. The van der Waals surface area contributed by atoms with Crippen molar-refractivity contribution in [3.05, 3.63) is 23.7 Å². The first kappa shape index (κ1) is 13.5. The molecule has 1 rings (SSSR count). The van der Waals surface area contributed by atoms with E-state index in [0.717, 1.165) is 0 Å². The summed E-state index contributed by atoms with van der Waals surface area (Å²) >= 11 is 4.93. The Kier molecular flexibility index (Phi) is 5.44. The zero-order valence-corrected chi connectivity index (χ0v) is 10.5. The van der Waals surface area contributed by atoms with Crippen molar-refractivity contribution in [2.45, 2.75) is 6.92 Å². The molecule has 0 radical (unpaired) electrons. The van der Waals surface area contributed by atoms with E-state index in [1.807, 2.05) is 0 Å². The van der Waals surface area contributed by atoms with Crippen molar-refractivity contribution < 1.29 is 13.9 Å². The third-order valence-corrected chi connectivity index (χ3v) is 2.23. The number of thiocarbonyl (C=S) groups is 1. The van der Waals surface area contributed by atoms with Gasteiger partial charge in [-0.1, -0.05) is 0 Å². The van der Waals surface area contributed by atoms with Gasteiger partial charge in [-0.25, -0.2) is 0 Å². The molecule has 1 amide bonds. The van der Waals surface area contributed by atoms with Crippen LogP contribution in [0.4, 0.5) is 0 Å². The van der Waals surface area contributed by atoms with Crippen LogP contribution in [-0.2, 0) is 4.74 Å². The summed E-state index contributed by atoms with van der Waals surface area (Å²) in [6, 6.07) is 1.59. The Morgan fingerprint density at radius 2 is 2.29 bits per heavy atom. The molecule has 7 heteroatoms. The SMILES string of the molecule is COCCNC(=S)NNC(=O)c1ccoc1C. The smallest absolute Gasteiger partial charge is 0.273 e. The number of carbonyl (C=O) groups is 1. The van der Waals surface area contributed by atoms with E-state index >= 15 is 0 Å². The fraction of sp³-hybridized carbons (Fsp3) is 0.400. The van der Waals surface area contributed by atoms with Crippen LogP contribution in [0.3, 0.4) is 0 Å². The fourth-order valence-corrected chi connectivity index (χ4v) is 1.27. The summed E-state index contributed by atoms with van der Waals surface area (Å²) in [6.45, 7) is 2.82. The first-order chi connectivity index (χ1) is 8.15. The van der Waals surface area contributed by atoms with Gasteiger partial charge in [0.1, 0.15) is 5.76 Å². The standard InChI is InChI=1S/C10H15N3O3S/c1-7-8(3-5-16-7)9(14)12-13-10(17)11-4-6-15-2/h3,5H,4,6H2,1-2H3,(H,12,14)(H2,11,13,17). The van der Waals surface area contributed by atoms with Crippen LogP contribution in [0.5, 0.6) is 0 Å². The fourth-order valence-electron chi connectivity index (χ4n) is 1.11. The van der Waals surface area contributed by atoms with Crippen molar-refractivity contribution in [3.8, 4) is 0 Å². The van der Waals surface area contributed by atoms with Crippen molar-refractivity contribution in [2.24, 2.45) is 0 Å². The Morgan fingerprint density at radius 3 is 2.88 bits per heavy atom. The predicted molar refractivity (Wildman–Crippen MR) is 66.5 cm³/mol. The van der Waals surface area contributed by atoms with E-state index in [9.17, 15) is 4.79 Å². The van der Waals surface area contributed by atoms with Crippen LogP contribution in [0, 0.1) is 6.92 Å². The number of ether oxygens (including phenoxy) is 1. The molecule has 17 heavy (non-hydrogen) atoms. The van der Waals surface area contributed by atoms with Crippen molar-refractivity contribution >= 4 is 23.2 Å². The molecule has 0 fully saturated rings. The maximum atomic E-state index is 11.6. The van der Waals surface area contributed by atoms with Crippen LogP contribution < -0.4 is 16.2 Å². The molecule has 0 bridgehead atoms. The molecule has 1 heterocycles. The quantitative estimate of drug-likeness (QED) is 0.410. The van der Waals surface area contributed by atoms with E-state index < -0.39 is 0 Å². The lowest BCUT2D eigenvalue weighted by molar-refractivity contribution is 0.0942. The molecule has 0 aliphatic heterocycles. The number of aryl methyl sites for hydroxylation is 1. The zero-order valence-electron chi connectivity index (χ0n) is 9.70. The average Bonchev–Trinajstić information content (AvgIpc) is 2.73. The second kappa shape index (κ2) is 6.87. The Bertz CT molecular complexity index is 392. The van der Waals surface area contributed by atoms with E-state index in [0.29, 0.717) is 29.6 Å². The minimum absolute atomic E-state index is 0.299. The summed E-state index contributed by atoms with van der Waals surface area (Å²) < 4.78 is 9.86. The maximum absolute atomic E-state index is 11.6. The van der Waals surface area contributed by atoms with Gasteiger partial charge in [0.2, 0.25) is 0 Å². The first-order valence-electron chi connectivity index (χ1n) is 5.02. The van der Waals surface area contributed by atoms with Crippen LogP contribution in [0.25, 0.3) is 0 Å². The number of nitrogens with one attached hydrogen (secondary N) is 3. The molecule has 6 nitrogen and oxygen atoms in total. The van der Waals surface area contributed by atoms with Gasteiger partial charge in [-0.2, -0.15) is 0 Å². The van der Waals surface area contributed by atoms with Crippen molar-refractivity contribution in [2.75, 3.05) is 20.3 Å². The number of hydrogen-bond acceptors (Lipinski definition) is 4. The van der Waals surface area contributed by atoms with E-state index in [-0.39, 0.29) is 5.91 Å². The number of amides is 1. The lowest BCUT2D eigenvalue weighted by Gasteiger charge is -2.10. The van der Waals surface area contributed by atoms with Gasteiger partial charge in [0, 0.05) is 13.7 Å². The predicted octanol–water partition coefficient (Wildman–Crippen LogP) is 0.343. The van der Waals surface area contributed by atoms with Gasteiger partial charge in [-0.3, -0.25) is 15.6 Å². The van der Waals surface area contributed by atoms with Crippen LogP contribution >= 0.6 is 12.2 Å². The van der Waals surface area contributed by atoms with Gasteiger partial charge >= 0.3 is 0 Å². The monoisotopic (exact) mass is 257 g/mol. The van der Waals surface area contributed by atoms with Crippen LogP contribution in [0.2, 0.25) is 0 Å². The van der Waals surface area contributed by atoms with E-state index in [1.165, 1.54) is 6.26 Å². The third-order valence-electron chi connectivity index (χ3n) is 1.98. The molecule has 3 N–H and O–H groups in total. The molecule has 0 aliphatic carbocycles. The molecule has 0 saturated heterocycles. The lowest BCUT2D eigenvalue weighted by atomic mass is 10.2. The van der Waals surface area contributed by atoms with Crippen molar-refractivity contribution in [1.29, 1.82) is 0 Å². The second-order valence-corrected chi connectivity index (χ2v) is 3.63. The summed E-state index contributed by atoms with van der Waals surface area (Å²) in [5.41, 5.74) is 5.51. The Balaban J connectivity index is 2.29. The van der Waals surface area contributed by atoms with Gasteiger partial charge in [-0.05, 0) is 25.2 Å². The Hall–Kier alpha value is -1.60. The highest BCUT2D eigenvalue weighted by Gasteiger charge is 2.10. The van der Waals surface area contributed by atoms with Gasteiger partial charge in [-0.15, -0.1) is 0 Å². The van der Waals surface area contributed by atoms with Gasteiger partial charge in [0.05, 0.1) is 18.4 Å². The molecule has 0 aromatic carbocycles. The molecule has 0 atom stereocenters. The van der Waals surface area contributed by atoms with Crippen LogP contribution in [-0.4, -0.2) is 31.3 Å². The van der Waals surface area contributed by atoms with E-state index in [1.54, 1.807) is 20.1 Å². The lowest BCUT2D eigenvalue weighted by Crippen LogP contribution is -2.47. The molecule has 0 saturated carbocycles. The third kappa shape index (κ3) is 4.41. The zero-order chi connectivity index (χ0) is 12.7. The molecule has 0 unspecified atom stereocenters. The molecular formula is C10H15N3O3S. The van der Waals surface area contributed by atoms with Gasteiger partial charge in [0.15, 0.2) is 5.11 Å². The number of hydrazine groups is 1. The number of methoxy groups -OCH3 is 1. The average molecular weight is 257 g/mol. The molecule has 1 aromatic rings. The second-order valence-electron chi connectivity index (χ2n) is 3.22. The van der Waals surface area contributed by atoms with Crippen molar-refractivity contribution in [3.63, 3.8) is 0 Å². The van der Waals surface area contributed by atoms with Gasteiger partial charge in [0.25, 0.3) is 5.91 Å². The van der Waals surface area contributed by atoms with E-state index in [2.05, 4.69) is 16.2 Å². The minimum Gasteiger partial charge on any atom is -0.469 e. The number of rotatable bonds is 4. The largest absolute Gasteiger partial charge is 0.469 e. The van der Waals surface area contributed by atoms with Gasteiger partial charge < -0.3 is 14.5 Å². The number of carbonyl (C=O) groups excluding carboxylic acids is 1. The summed E-state index contributed by atoms with van der Waals surface area (Å²) in [4.78, 5) is 11.6. The Labute approximate surface area is 105 Å². The molecule has 1 aromatic heterocycles. The maximum Gasteiger partial charge on any atom is 0.273 e. The molecular weight excluding hydrogens is 242 g/mol. The van der Waals surface area contributed by atoms with Crippen LogP contribution in [0.15, 0.2) is 16.7 Å². The molecule has 0 aliphatic rings. The highest BCUT2D eigenvalue weighted by atomic mass is 32.1. The number of hydrogen-bond donors (Lipinski definition) is 3. The van der Waals surface area contributed by atoms with E-state index in [4.69, 9.17) is 21.4 Å². The summed E-state index contributed by atoms with van der Waals surface area (Å²) in [6.07, 6.45) is 1.46. The summed E-state index contributed by atoms with van der Waals surface area (Å²) in [7, 11) is 1.60. The summed E-state index contributed by atoms with van der Waals surface area (Å²) in [5, 5.41) is 3.19. The van der Waals surface area contributed by atoms with Crippen molar-refractivity contribution in [1.82, 2.24) is 16.2 Å². The highest BCUT2D eigenvalue weighted by molar-refractivity contribution is 7.80. The molecule has 94 valence electrons. The minimum atomic E-state index is -0.299. The summed E-state index contributed by atoms with van der Waals surface area (Å²) in [5.74, 6) is 0.259. The normalized spacial score (nSPS) is 9.76. The number of furan rings is 1. The Morgan fingerprint density at radius 1 is 1.53 bits per heavy atom. The van der Waals surface area contributed by atoms with Crippen LogP contribution in [0.1, 0.15) is 16.1 Å². The molecule has 0 spiro atoms. The topological polar surface area (TPSA) is 75.5 Å².